The predicted molar refractivity (Wildman–Crippen MR) is 40.5 cm³/mol. The van der Waals surface area contributed by atoms with Crippen molar-refractivity contribution in [2.45, 2.75) is 33.0 Å². The molecular formula is C6H16BN-. The van der Waals surface area contributed by atoms with E-state index in [0.29, 0.717) is 0 Å². The van der Waals surface area contributed by atoms with Crippen molar-refractivity contribution in [1.29, 1.82) is 0 Å². The van der Waals surface area contributed by atoms with Crippen molar-refractivity contribution >= 4 is 7.41 Å². The van der Waals surface area contributed by atoms with Crippen LogP contribution in [0.4, 0.5) is 0 Å². The Morgan fingerprint density at radius 2 is 2.12 bits per heavy atom. The van der Waals surface area contributed by atoms with E-state index >= 15 is 0 Å². The zero-order chi connectivity index (χ0) is 6.24. The van der Waals surface area contributed by atoms with Gasteiger partial charge in [0, 0.05) is 0 Å². The van der Waals surface area contributed by atoms with Crippen LogP contribution >= 0.6 is 0 Å². The van der Waals surface area contributed by atoms with Crippen LogP contribution in [0, 0.1) is 0 Å². The van der Waals surface area contributed by atoms with Gasteiger partial charge < -0.3 is 5.23 Å². The second-order valence-corrected chi connectivity index (χ2v) is 2.10. The fourth-order valence-corrected chi connectivity index (χ4v) is 0.604. The van der Waals surface area contributed by atoms with E-state index in [1.165, 1.54) is 33.1 Å². The molecule has 0 saturated carbocycles. The van der Waals surface area contributed by atoms with Gasteiger partial charge in [-0.1, -0.05) is 27.7 Å². The maximum Gasteiger partial charge on any atom is -0.0431 e. The lowest BCUT2D eigenvalue weighted by atomic mass is 9.91. The molecule has 0 unspecified atom stereocenters. The molecule has 1 radical (unpaired) electrons. The molecule has 0 bridgehead atoms. The molecule has 0 spiro atoms. The van der Waals surface area contributed by atoms with E-state index in [-0.39, 0.29) is 0 Å². The highest BCUT2D eigenvalue weighted by atomic mass is 14.7. The maximum absolute atomic E-state index is 3.34. The van der Waals surface area contributed by atoms with Crippen LogP contribution in [0.2, 0.25) is 6.32 Å². The lowest BCUT2D eigenvalue weighted by Gasteiger charge is -2.08. The number of nitrogens with one attached hydrogen (secondary N) is 1. The minimum Gasteiger partial charge on any atom is -0.522 e. The third kappa shape index (κ3) is 6.02. The maximum atomic E-state index is 3.34. The summed E-state index contributed by atoms with van der Waals surface area (Å²) in [5.41, 5.74) is 0. The van der Waals surface area contributed by atoms with E-state index in [2.05, 4.69) is 19.1 Å². The highest BCUT2D eigenvalue weighted by Gasteiger charge is 1.74. The van der Waals surface area contributed by atoms with Crippen molar-refractivity contribution < 1.29 is 0 Å². The van der Waals surface area contributed by atoms with Gasteiger partial charge >= 0.3 is 0 Å². The molecule has 0 aliphatic heterocycles. The Balaban J connectivity index is 2.53. The third-order valence-electron chi connectivity index (χ3n) is 1.13. The number of unbranched alkanes of at least 4 members (excludes halogenated alkanes) is 1. The van der Waals surface area contributed by atoms with E-state index in [0.717, 1.165) is 0 Å². The molecule has 0 aliphatic rings. The van der Waals surface area contributed by atoms with Crippen LogP contribution < -0.4 is 5.23 Å². The second-order valence-electron chi connectivity index (χ2n) is 2.10. The quantitative estimate of drug-likeness (QED) is 0.416. The Kier molecular flexibility index (Phi) is 7.05. The molecule has 49 valence electrons. The fraction of sp³-hybridized carbons (Fsp3) is 1.00. The molecule has 0 aromatic carbocycles. The molecule has 0 rings (SSSR count). The fourth-order valence-electron chi connectivity index (χ4n) is 0.604. The summed E-state index contributed by atoms with van der Waals surface area (Å²) in [6.45, 7) is 5.61. The summed E-state index contributed by atoms with van der Waals surface area (Å²) in [4.78, 5) is 0. The van der Waals surface area contributed by atoms with Gasteiger partial charge in [-0.05, 0) is 13.0 Å². The summed E-state index contributed by atoms with van der Waals surface area (Å²) >= 11 is 0. The molecule has 8 heavy (non-hydrogen) atoms. The summed E-state index contributed by atoms with van der Waals surface area (Å²) in [5, 5.41) is 3.34. The summed E-state index contributed by atoms with van der Waals surface area (Å²) in [7, 11) is 1.18. The van der Waals surface area contributed by atoms with Crippen molar-refractivity contribution in [3.8, 4) is 0 Å². The van der Waals surface area contributed by atoms with Gasteiger partial charge in [0.1, 0.15) is 0 Å². The zero-order valence-electron chi connectivity index (χ0n) is 6.04. The average Bonchev–Trinajstić information content (AvgIpc) is 1.81. The monoisotopic (exact) mass is 113 g/mol. The normalized spacial score (nSPS) is 9.75. The molecule has 2 heteroatoms. The highest BCUT2D eigenvalue weighted by molar-refractivity contribution is 6.31. The molecule has 0 fully saturated rings. The lowest BCUT2D eigenvalue weighted by molar-refractivity contribution is 0.765. The summed E-state index contributed by atoms with van der Waals surface area (Å²) in [6, 6.07) is 0. The highest BCUT2D eigenvalue weighted by Crippen LogP contribution is 1.81. The van der Waals surface area contributed by atoms with Crippen LogP contribution in [0.25, 0.3) is 0 Å². The van der Waals surface area contributed by atoms with E-state index in [1.54, 1.807) is 0 Å². The van der Waals surface area contributed by atoms with Crippen LogP contribution in [-0.2, 0) is 0 Å². The van der Waals surface area contributed by atoms with Crippen LogP contribution in [0.5, 0.6) is 0 Å². The SMILES string of the molecule is CC[BH-]NCCCC. The molecule has 1 nitrogen and oxygen atoms in total. The molecule has 0 aromatic heterocycles. The second kappa shape index (κ2) is 7.02. The van der Waals surface area contributed by atoms with E-state index < -0.39 is 0 Å². The van der Waals surface area contributed by atoms with Gasteiger partial charge in [0.25, 0.3) is 0 Å². The first-order chi connectivity index (χ1) is 3.91. The third-order valence-corrected chi connectivity index (χ3v) is 1.13. The van der Waals surface area contributed by atoms with Gasteiger partial charge in [-0.2, -0.15) is 6.32 Å². The molecule has 0 aromatic rings. The standard InChI is InChI=1S/C6H16BN/c1-3-5-6-8-7-4-2/h7-8H,3-6H2,1-2H3/q-1. The Morgan fingerprint density at radius 1 is 1.38 bits per heavy atom. The van der Waals surface area contributed by atoms with Crippen LogP contribution in [0.3, 0.4) is 0 Å². The van der Waals surface area contributed by atoms with Crippen LogP contribution in [0.15, 0.2) is 0 Å². The molecule has 0 aliphatic carbocycles. The van der Waals surface area contributed by atoms with Crippen molar-refractivity contribution in [3.63, 3.8) is 0 Å². The number of rotatable bonds is 5. The first-order valence-corrected chi connectivity index (χ1v) is 3.62. The van der Waals surface area contributed by atoms with Gasteiger partial charge in [0.05, 0.1) is 0 Å². The molecule has 0 atom stereocenters. The number of hydrogen-bond acceptors (Lipinski definition) is 1. The molecule has 0 heterocycles. The Hall–Kier alpha value is 0.0249. The van der Waals surface area contributed by atoms with E-state index in [1.807, 2.05) is 0 Å². The Bertz CT molecular complexity index is 33.5. The van der Waals surface area contributed by atoms with Gasteiger partial charge in [-0.25, -0.2) is 0 Å². The molecule has 0 saturated heterocycles. The topological polar surface area (TPSA) is 12.0 Å². The van der Waals surface area contributed by atoms with E-state index in [4.69, 9.17) is 0 Å². The number of hydrogen-bond donors (Lipinski definition) is 1. The van der Waals surface area contributed by atoms with Crippen molar-refractivity contribution in [1.82, 2.24) is 5.23 Å². The van der Waals surface area contributed by atoms with Crippen molar-refractivity contribution in [3.05, 3.63) is 0 Å². The summed E-state index contributed by atoms with van der Waals surface area (Å²) < 4.78 is 0. The van der Waals surface area contributed by atoms with Gasteiger partial charge in [0.15, 0.2) is 0 Å². The van der Waals surface area contributed by atoms with Crippen LogP contribution in [-0.4, -0.2) is 14.0 Å². The molecule has 1 N–H and O–H groups in total. The lowest BCUT2D eigenvalue weighted by Crippen LogP contribution is -2.18. The first-order valence-electron chi connectivity index (χ1n) is 3.62. The predicted octanol–water partition coefficient (Wildman–Crippen LogP) is 1.17. The van der Waals surface area contributed by atoms with Crippen LogP contribution in [0.1, 0.15) is 26.7 Å². The van der Waals surface area contributed by atoms with Gasteiger partial charge in [0.2, 0.25) is 0 Å². The minimum absolute atomic E-state index is 1.18. The Morgan fingerprint density at radius 3 is 2.62 bits per heavy atom. The summed E-state index contributed by atoms with van der Waals surface area (Å²) in [6.07, 6.45) is 3.88. The molecule has 0 amide bonds. The minimum atomic E-state index is 1.18. The van der Waals surface area contributed by atoms with Gasteiger partial charge in [-0.15, -0.1) is 0 Å². The largest absolute Gasteiger partial charge is 0.522 e. The van der Waals surface area contributed by atoms with Crippen molar-refractivity contribution in [2.24, 2.45) is 0 Å². The first kappa shape index (κ1) is 8.02. The molecular weight excluding hydrogens is 96.9 g/mol. The smallest absolute Gasteiger partial charge is 0.0431 e. The summed E-state index contributed by atoms with van der Waals surface area (Å²) in [5.74, 6) is 0. The average molecular weight is 113 g/mol. The Labute approximate surface area is 53.1 Å². The van der Waals surface area contributed by atoms with Gasteiger partial charge in [-0.3, -0.25) is 0 Å². The van der Waals surface area contributed by atoms with Crippen molar-refractivity contribution in [2.75, 3.05) is 6.54 Å². The zero-order valence-corrected chi connectivity index (χ0v) is 6.04. The van der Waals surface area contributed by atoms with E-state index in [9.17, 15) is 0 Å².